The lowest BCUT2D eigenvalue weighted by Crippen LogP contribution is -2.28. The lowest BCUT2D eigenvalue weighted by atomic mass is 9.67. The van der Waals surface area contributed by atoms with Crippen molar-refractivity contribution in [2.75, 3.05) is 0 Å². The summed E-state index contributed by atoms with van der Waals surface area (Å²) in [6.07, 6.45) is 6.33. The van der Waals surface area contributed by atoms with Crippen molar-refractivity contribution in [3.8, 4) is 56.0 Å². The smallest absolute Gasteiger partial charge is 0.162 e. The van der Waals surface area contributed by atoms with Crippen LogP contribution in [0.4, 0.5) is 0 Å². The Hall–Kier alpha value is -5.94. The Morgan fingerprint density at radius 3 is 2.03 bits per heavy atom. The van der Waals surface area contributed by atoms with Gasteiger partial charge in [-0.3, -0.25) is 0 Å². The molecule has 0 saturated heterocycles. The average molecular weight is 793 g/mol. The van der Waals surface area contributed by atoms with Gasteiger partial charge in [0.1, 0.15) is 4.83 Å². The molecule has 0 unspecified atom stereocenters. The van der Waals surface area contributed by atoms with Crippen LogP contribution in [0.25, 0.3) is 96.5 Å². The number of thiophene rings is 2. The summed E-state index contributed by atoms with van der Waals surface area (Å²) >= 11 is 3.61. The Bertz CT molecular complexity index is 3400. The molecule has 1 spiro atoms. The van der Waals surface area contributed by atoms with Crippen LogP contribution in [0.5, 0.6) is 0 Å². The first-order valence-electron chi connectivity index (χ1n) is 21.1. The second kappa shape index (κ2) is 12.3. The molecule has 0 N–H and O–H groups in total. The molecule has 0 bridgehead atoms. The van der Waals surface area contributed by atoms with Crippen LogP contribution in [0.15, 0.2) is 146 Å². The Morgan fingerprint density at radius 2 is 1.14 bits per heavy atom. The van der Waals surface area contributed by atoms with Crippen LogP contribution in [-0.4, -0.2) is 9.97 Å². The number of aromatic nitrogens is 2. The fourth-order valence-electron chi connectivity index (χ4n) is 11.3. The van der Waals surface area contributed by atoms with E-state index in [1.165, 1.54) is 107 Å². The molecular weight excluding hydrogens is 753 g/mol. The predicted molar refractivity (Wildman–Crippen MR) is 251 cm³/mol. The van der Waals surface area contributed by atoms with Gasteiger partial charge in [0.2, 0.25) is 0 Å². The predicted octanol–water partition coefficient (Wildman–Crippen LogP) is 15.8. The number of benzene rings is 7. The Morgan fingerprint density at radius 1 is 0.458 bits per heavy atom. The molecule has 1 saturated carbocycles. The van der Waals surface area contributed by atoms with Gasteiger partial charge in [0.05, 0.1) is 5.69 Å². The zero-order chi connectivity index (χ0) is 39.0. The molecule has 0 radical (unpaired) electrons. The van der Waals surface area contributed by atoms with Gasteiger partial charge in [-0.1, -0.05) is 136 Å². The molecule has 0 amide bonds. The van der Waals surface area contributed by atoms with Gasteiger partial charge >= 0.3 is 0 Å². The summed E-state index contributed by atoms with van der Waals surface area (Å²) in [5.41, 5.74) is 17.6. The highest BCUT2D eigenvalue weighted by Gasteiger charge is 2.46. The van der Waals surface area contributed by atoms with Gasteiger partial charge in [0, 0.05) is 57.6 Å². The monoisotopic (exact) mass is 792 g/mol. The van der Waals surface area contributed by atoms with Crippen LogP contribution in [0.2, 0.25) is 0 Å². The van der Waals surface area contributed by atoms with E-state index >= 15 is 0 Å². The third-order valence-corrected chi connectivity index (χ3v) is 16.4. The fraction of sp³-hybridized carbons (Fsp3) is 0.164. The molecular formula is C55H40N2S2. The van der Waals surface area contributed by atoms with E-state index in [9.17, 15) is 0 Å². The topological polar surface area (TPSA) is 25.8 Å². The van der Waals surface area contributed by atoms with Crippen LogP contribution < -0.4 is 0 Å². The second-order valence-electron chi connectivity index (χ2n) is 17.6. The summed E-state index contributed by atoms with van der Waals surface area (Å²) in [5.74, 6) is 0.786. The third kappa shape index (κ3) is 4.73. The van der Waals surface area contributed by atoms with E-state index in [0.29, 0.717) is 0 Å². The zero-order valence-electron chi connectivity index (χ0n) is 33.1. The molecule has 3 aromatic heterocycles. The highest BCUT2D eigenvalue weighted by atomic mass is 32.1. The van der Waals surface area contributed by atoms with E-state index in [4.69, 9.17) is 9.97 Å². The van der Waals surface area contributed by atoms with Crippen molar-refractivity contribution in [2.45, 2.75) is 56.8 Å². The highest BCUT2D eigenvalue weighted by molar-refractivity contribution is 7.26. The first kappa shape index (κ1) is 34.0. The summed E-state index contributed by atoms with van der Waals surface area (Å²) in [6.45, 7) is 4.82. The summed E-state index contributed by atoms with van der Waals surface area (Å²) in [4.78, 5) is 11.7. The highest BCUT2D eigenvalue weighted by Crippen LogP contribution is 2.60. The lowest BCUT2D eigenvalue weighted by molar-refractivity contribution is 0.353. The van der Waals surface area contributed by atoms with Gasteiger partial charge in [-0.25, -0.2) is 9.97 Å². The summed E-state index contributed by atoms with van der Waals surface area (Å²) in [6, 6.07) is 54.7. The van der Waals surface area contributed by atoms with Gasteiger partial charge in [0.15, 0.2) is 5.82 Å². The van der Waals surface area contributed by atoms with Crippen molar-refractivity contribution in [3.63, 3.8) is 0 Å². The van der Waals surface area contributed by atoms with Crippen molar-refractivity contribution < 1.29 is 0 Å². The molecule has 3 aliphatic carbocycles. The number of hydrogen-bond acceptors (Lipinski definition) is 4. The van der Waals surface area contributed by atoms with E-state index in [1.807, 2.05) is 11.3 Å². The normalized spacial score (nSPS) is 15.9. The minimum Gasteiger partial charge on any atom is -0.227 e. The van der Waals surface area contributed by atoms with Crippen LogP contribution in [-0.2, 0) is 10.8 Å². The molecule has 59 heavy (non-hydrogen) atoms. The molecule has 3 aliphatic rings. The molecule has 13 rings (SSSR count). The maximum absolute atomic E-state index is 5.38. The van der Waals surface area contributed by atoms with Crippen molar-refractivity contribution in [1.82, 2.24) is 9.97 Å². The van der Waals surface area contributed by atoms with Gasteiger partial charge in [-0.15, -0.1) is 22.7 Å². The maximum Gasteiger partial charge on any atom is 0.162 e. The molecule has 0 aliphatic heterocycles. The number of hydrogen-bond donors (Lipinski definition) is 0. The summed E-state index contributed by atoms with van der Waals surface area (Å²) in [5, 5.41) is 4.91. The SMILES string of the molecule is CC1(C)c2ccccc2-c2cc3c(cc21)-c1ccc(-c2ccc4sc5c(-c6nc(-c7ccccc7)c7c(n6)sc6ccccc67)cccc5c4c2)cc1C31CCCCC1. The molecule has 3 heterocycles. The van der Waals surface area contributed by atoms with Crippen molar-refractivity contribution in [1.29, 1.82) is 0 Å². The standard InChI is InChI=1S/C55H40N2S2/c1-54(2)43-20-9-7-16-35(43)40-31-46-41(30-44(40)54)36-24-22-34(29-45(36)55(46)26-11-4-12-27-55)33-23-25-48-42(28-33)37-18-13-19-39(51(37)58-48)52-56-50(32-14-5-3-6-15-32)49-38-17-8-10-21-47(38)59-53(49)57-52/h3,5-10,13-25,28-31H,4,11-12,26-27H2,1-2H3. The number of nitrogens with zero attached hydrogens (tertiary/aromatic N) is 2. The summed E-state index contributed by atoms with van der Waals surface area (Å²) < 4.78 is 3.77. The van der Waals surface area contributed by atoms with Gasteiger partial charge < -0.3 is 0 Å². The third-order valence-electron chi connectivity index (χ3n) is 14.1. The minimum absolute atomic E-state index is 0.0103. The fourth-order valence-corrected chi connectivity index (χ4v) is 13.5. The molecule has 10 aromatic rings. The van der Waals surface area contributed by atoms with Crippen molar-refractivity contribution in [3.05, 3.63) is 168 Å². The molecule has 282 valence electrons. The molecule has 2 nitrogen and oxygen atoms in total. The maximum atomic E-state index is 5.38. The molecule has 1 fully saturated rings. The van der Waals surface area contributed by atoms with Gasteiger partial charge in [-0.2, -0.15) is 0 Å². The largest absolute Gasteiger partial charge is 0.227 e. The van der Waals surface area contributed by atoms with Crippen LogP contribution in [0.3, 0.4) is 0 Å². The Kier molecular flexibility index (Phi) is 7.08. The zero-order valence-corrected chi connectivity index (χ0v) is 34.7. The van der Waals surface area contributed by atoms with Crippen LogP contribution in [0, 0.1) is 0 Å². The van der Waals surface area contributed by atoms with E-state index in [-0.39, 0.29) is 10.8 Å². The second-order valence-corrected chi connectivity index (χ2v) is 19.6. The van der Waals surface area contributed by atoms with E-state index in [2.05, 4.69) is 159 Å². The van der Waals surface area contributed by atoms with Crippen LogP contribution >= 0.6 is 22.7 Å². The van der Waals surface area contributed by atoms with E-state index < -0.39 is 0 Å². The molecule has 0 atom stereocenters. The van der Waals surface area contributed by atoms with E-state index in [0.717, 1.165) is 32.9 Å². The average Bonchev–Trinajstić information content (AvgIpc) is 3.99. The Labute approximate surface area is 351 Å². The van der Waals surface area contributed by atoms with Crippen molar-refractivity contribution in [2.24, 2.45) is 0 Å². The number of rotatable bonds is 3. The van der Waals surface area contributed by atoms with Crippen molar-refractivity contribution >= 4 is 63.1 Å². The molecule has 7 aromatic carbocycles. The quantitative estimate of drug-likeness (QED) is 0.178. The van der Waals surface area contributed by atoms with Gasteiger partial charge in [-0.05, 0) is 111 Å². The Balaban J connectivity index is 0.948. The van der Waals surface area contributed by atoms with Crippen LogP contribution in [0.1, 0.15) is 68.2 Å². The number of fused-ring (bicyclic) bond motifs is 14. The van der Waals surface area contributed by atoms with E-state index in [1.54, 1.807) is 22.5 Å². The summed E-state index contributed by atoms with van der Waals surface area (Å²) in [7, 11) is 0. The minimum atomic E-state index is -0.0103. The molecule has 4 heteroatoms. The van der Waals surface area contributed by atoms with Gasteiger partial charge in [0.25, 0.3) is 0 Å². The first-order valence-corrected chi connectivity index (χ1v) is 22.7. The lowest BCUT2D eigenvalue weighted by Gasteiger charge is -2.36. The first-order chi connectivity index (χ1) is 29.0.